The Morgan fingerprint density at radius 3 is 0.909 bits per heavy atom. The molecule has 0 aliphatic carbocycles. The van der Waals surface area contributed by atoms with Gasteiger partial charge in [-0.1, -0.05) is 0 Å². The number of hydrogen-bond donors (Lipinski definition) is 0. The van der Waals surface area contributed by atoms with Gasteiger partial charge in [0.15, 0.2) is 0 Å². The maximum absolute atomic E-state index is 2.00. The molecule has 60 valence electrons. The normalized spacial score (nSPS) is 7.27. The Hall–Kier alpha value is -0.560. The molecule has 2 aromatic rings. The molecule has 0 aliphatic rings. The molecule has 0 amide bonds. The maximum Gasteiger partial charge on any atom is -0.172 e. The van der Waals surface area contributed by atoms with Crippen molar-refractivity contribution in [3.8, 4) is 0 Å². The second-order valence-electron chi connectivity index (χ2n) is 1.92. The Morgan fingerprint density at radius 1 is 0.545 bits per heavy atom. The van der Waals surface area contributed by atoms with E-state index in [9.17, 15) is 0 Å². The van der Waals surface area contributed by atoms with E-state index in [0.29, 0.717) is 0 Å². The van der Waals surface area contributed by atoms with Gasteiger partial charge in [-0.25, -0.2) is 24.3 Å². The summed E-state index contributed by atoms with van der Waals surface area (Å²) in [6, 6.07) is 20.0. The van der Waals surface area contributed by atoms with Gasteiger partial charge in [0.1, 0.15) is 0 Å². The first kappa shape index (κ1) is 10.4. The van der Waals surface area contributed by atoms with Crippen molar-refractivity contribution in [2.45, 2.75) is 0 Å². The Morgan fingerprint density at radius 2 is 0.818 bits per heavy atom. The van der Waals surface area contributed by atoms with Gasteiger partial charge in [-0.3, -0.25) is 0 Å². The molecule has 0 unspecified atom stereocenters. The van der Waals surface area contributed by atoms with E-state index in [4.69, 9.17) is 0 Å². The molecule has 0 aliphatic heterocycles. The minimum absolute atomic E-state index is 0. The van der Waals surface area contributed by atoms with Gasteiger partial charge in [0.25, 0.3) is 0 Å². The average Bonchev–Trinajstić information content (AvgIpc) is 2.67. The Bertz CT molecular complexity index is 144. The third-order valence-corrected chi connectivity index (χ3v) is 1.11. The van der Waals surface area contributed by atoms with Crippen LogP contribution in [0.3, 0.4) is 0 Å². The average molecular weight is 314 g/mol. The fourth-order valence-electron chi connectivity index (χ4n) is 0.642. The summed E-state index contributed by atoms with van der Waals surface area (Å²) < 4.78 is 0. The summed E-state index contributed by atoms with van der Waals surface area (Å²) in [5.74, 6) is 0. The first-order valence-corrected chi connectivity index (χ1v) is 3.33. The summed E-state index contributed by atoms with van der Waals surface area (Å²) in [6.45, 7) is 0. The van der Waals surface area contributed by atoms with E-state index in [1.54, 1.807) is 0 Å². The molecule has 1 radical (unpaired) electrons. The third-order valence-electron chi connectivity index (χ3n) is 1.11. The monoisotopic (exact) mass is 314 g/mol. The van der Waals surface area contributed by atoms with E-state index in [1.807, 2.05) is 60.7 Å². The van der Waals surface area contributed by atoms with Crippen molar-refractivity contribution in [2.24, 2.45) is 0 Å². The van der Waals surface area contributed by atoms with E-state index in [2.05, 4.69) is 0 Å². The van der Waals surface area contributed by atoms with Crippen LogP contribution in [0.4, 0.5) is 0 Å². The van der Waals surface area contributed by atoms with Crippen LogP contribution in [-0.4, -0.2) is 0 Å². The molecule has 11 heavy (non-hydrogen) atoms. The van der Waals surface area contributed by atoms with Gasteiger partial charge < -0.3 is 0 Å². The van der Waals surface area contributed by atoms with Crippen LogP contribution < -0.4 is 0 Å². The van der Waals surface area contributed by atoms with Crippen molar-refractivity contribution < 1.29 is 22.4 Å². The van der Waals surface area contributed by atoms with Crippen molar-refractivity contribution >= 4 is 0 Å². The quantitative estimate of drug-likeness (QED) is 0.653. The first-order valence-electron chi connectivity index (χ1n) is 3.33. The molecule has 0 nitrogen and oxygen atoms in total. The third kappa shape index (κ3) is 5.86. The summed E-state index contributed by atoms with van der Waals surface area (Å²) in [6.07, 6.45) is 0. The van der Waals surface area contributed by atoms with Crippen LogP contribution in [0.2, 0.25) is 0 Å². The Kier molecular flexibility index (Phi) is 7.16. The largest absolute Gasteiger partial charge is 0.214 e. The summed E-state index contributed by atoms with van der Waals surface area (Å²) in [7, 11) is 0. The molecule has 0 fully saturated rings. The van der Waals surface area contributed by atoms with Crippen LogP contribution in [0.1, 0.15) is 0 Å². The first-order chi connectivity index (χ1) is 5.00. The molecule has 0 saturated heterocycles. The zero-order valence-electron chi connectivity index (χ0n) is 6.48. The molecule has 0 atom stereocenters. The van der Waals surface area contributed by atoms with Crippen molar-refractivity contribution in [3.63, 3.8) is 0 Å². The van der Waals surface area contributed by atoms with Crippen LogP contribution in [0, 0.1) is 0 Å². The van der Waals surface area contributed by atoms with E-state index in [-0.39, 0.29) is 22.4 Å². The maximum atomic E-state index is 2.00. The molecule has 2 aromatic carbocycles. The predicted molar refractivity (Wildman–Crippen MR) is 48.3 cm³/mol. The van der Waals surface area contributed by atoms with E-state index in [1.165, 1.54) is 0 Å². The van der Waals surface area contributed by atoms with Crippen LogP contribution in [0.25, 0.3) is 0 Å². The summed E-state index contributed by atoms with van der Waals surface area (Å²) in [5, 5.41) is 0. The van der Waals surface area contributed by atoms with Crippen LogP contribution >= 0.6 is 0 Å². The van der Waals surface area contributed by atoms with Gasteiger partial charge in [0, 0.05) is 0 Å². The van der Waals surface area contributed by atoms with Crippen LogP contribution in [0.5, 0.6) is 0 Å². The molecular formula is C10H13Ta-2. The number of rotatable bonds is 0. The summed E-state index contributed by atoms with van der Waals surface area (Å²) in [4.78, 5) is 0. The second kappa shape index (κ2) is 7.55. The van der Waals surface area contributed by atoms with Crippen molar-refractivity contribution in [1.82, 2.24) is 0 Å². The molecule has 2 rings (SSSR count). The fraction of sp³-hybridized carbons (Fsp3) is 0. The summed E-state index contributed by atoms with van der Waals surface area (Å²) in [5.41, 5.74) is 0. The minimum atomic E-state index is 0. The standard InChI is InChI=1S/2C5H5.Ta.3H/c2*1-2-4-5-3-1;;;;/h2*1-5H;;;;/q2*-1;;;;. The van der Waals surface area contributed by atoms with Crippen molar-refractivity contribution in [2.75, 3.05) is 0 Å². The zero-order chi connectivity index (χ0) is 7.07. The molecule has 1 heteroatoms. The minimum Gasteiger partial charge on any atom is -0.214 e. The van der Waals surface area contributed by atoms with E-state index < -0.39 is 0 Å². The Labute approximate surface area is 83.1 Å². The van der Waals surface area contributed by atoms with Gasteiger partial charge in [-0.2, -0.15) is 36.4 Å². The summed E-state index contributed by atoms with van der Waals surface area (Å²) >= 11 is 0. The van der Waals surface area contributed by atoms with Gasteiger partial charge >= 0.3 is 22.4 Å². The molecule has 0 N–H and O–H groups in total. The van der Waals surface area contributed by atoms with E-state index in [0.717, 1.165) is 0 Å². The molecular weight excluding hydrogens is 301 g/mol. The van der Waals surface area contributed by atoms with Crippen molar-refractivity contribution in [1.29, 1.82) is 0 Å². The Balaban J connectivity index is 0.000000167. The SMILES string of the molecule is [TaH3].c1cc[cH-]c1.c1cc[cH-]c1. The fourth-order valence-corrected chi connectivity index (χ4v) is 0.642. The predicted octanol–water partition coefficient (Wildman–Crippen LogP) is 2.01. The van der Waals surface area contributed by atoms with Crippen molar-refractivity contribution in [3.05, 3.63) is 60.7 Å². The van der Waals surface area contributed by atoms with Gasteiger partial charge in [0.05, 0.1) is 0 Å². The number of hydrogen-bond acceptors (Lipinski definition) is 0. The molecule has 0 bridgehead atoms. The molecule has 0 aromatic heterocycles. The smallest absolute Gasteiger partial charge is 0.172 e. The molecule has 0 heterocycles. The van der Waals surface area contributed by atoms with Gasteiger partial charge in [0.2, 0.25) is 0 Å². The topological polar surface area (TPSA) is 0 Å². The van der Waals surface area contributed by atoms with E-state index >= 15 is 0 Å². The van der Waals surface area contributed by atoms with Crippen LogP contribution in [-0.2, 0) is 22.4 Å². The second-order valence-corrected chi connectivity index (χ2v) is 1.92. The van der Waals surface area contributed by atoms with Gasteiger partial charge in [-0.05, 0) is 0 Å². The van der Waals surface area contributed by atoms with Crippen LogP contribution in [0.15, 0.2) is 60.7 Å². The van der Waals surface area contributed by atoms with Gasteiger partial charge in [-0.15, -0.1) is 0 Å². The molecule has 0 spiro atoms. The zero-order valence-corrected chi connectivity index (χ0v) is 11.6. The molecule has 0 saturated carbocycles.